The average molecular weight is 282 g/mol. The Kier molecular flexibility index (Phi) is 4.64. The summed E-state index contributed by atoms with van der Waals surface area (Å²) in [5, 5.41) is 3.36. The summed E-state index contributed by atoms with van der Waals surface area (Å²) >= 11 is 6.12. The van der Waals surface area contributed by atoms with Crippen molar-refractivity contribution in [1.29, 1.82) is 0 Å². The molecule has 0 spiro atoms. The van der Waals surface area contributed by atoms with Gasteiger partial charge in [0.15, 0.2) is 0 Å². The number of anilines is 1. The van der Waals surface area contributed by atoms with Crippen molar-refractivity contribution in [2.45, 2.75) is 38.6 Å². The van der Waals surface area contributed by atoms with E-state index < -0.39 is 0 Å². The van der Waals surface area contributed by atoms with Crippen LogP contribution in [0.5, 0.6) is 0 Å². The second kappa shape index (κ2) is 6.24. The van der Waals surface area contributed by atoms with E-state index in [1.54, 1.807) is 13.1 Å². The minimum atomic E-state index is 0.0236. The maximum absolute atomic E-state index is 12.6. The molecule has 104 valence electrons. The van der Waals surface area contributed by atoms with Crippen molar-refractivity contribution in [1.82, 2.24) is 9.88 Å². The monoisotopic (exact) mass is 281 g/mol. The third-order valence-electron chi connectivity index (χ3n) is 3.70. The van der Waals surface area contributed by atoms with Gasteiger partial charge in [-0.15, -0.1) is 0 Å². The summed E-state index contributed by atoms with van der Waals surface area (Å²) < 4.78 is 0. The first-order valence-corrected chi connectivity index (χ1v) is 7.19. The number of carbonyl (C=O) groups is 1. The van der Waals surface area contributed by atoms with Gasteiger partial charge in [-0.3, -0.25) is 4.79 Å². The number of halogens is 1. The molecule has 0 aromatic carbocycles. The van der Waals surface area contributed by atoms with Gasteiger partial charge in [0, 0.05) is 25.8 Å². The van der Waals surface area contributed by atoms with Crippen LogP contribution >= 0.6 is 11.6 Å². The Labute approximate surface area is 119 Å². The number of nitrogens with one attached hydrogen (secondary N) is 1. The van der Waals surface area contributed by atoms with Gasteiger partial charge in [-0.25, -0.2) is 4.98 Å². The molecule has 2 rings (SSSR count). The molecule has 2 heterocycles. The first-order valence-electron chi connectivity index (χ1n) is 6.81. The molecule has 1 amide bonds. The summed E-state index contributed by atoms with van der Waals surface area (Å²) in [6.07, 6.45) is 5.89. The quantitative estimate of drug-likeness (QED) is 0.925. The van der Waals surface area contributed by atoms with E-state index in [0.29, 0.717) is 22.4 Å². The highest BCUT2D eigenvalue weighted by Crippen LogP contribution is 2.25. The molecule has 1 fully saturated rings. The molecule has 0 bridgehead atoms. The number of pyridine rings is 1. The second-order valence-electron chi connectivity index (χ2n) is 4.86. The zero-order valence-electron chi connectivity index (χ0n) is 11.4. The molecule has 1 N–H and O–H groups in total. The number of likely N-dealkylation sites (tertiary alicyclic amines) is 1. The maximum Gasteiger partial charge on any atom is 0.255 e. The van der Waals surface area contributed by atoms with Crippen molar-refractivity contribution in [2.24, 2.45) is 0 Å². The van der Waals surface area contributed by atoms with Gasteiger partial charge in [0.05, 0.1) is 10.6 Å². The molecular formula is C14H20ClN3O. The van der Waals surface area contributed by atoms with Gasteiger partial charge in [0.25, 0.3) is 5.91 Å². The van der Waals surface area contributed by atoms with E-state index in [1.807, 2.05) is 4.90 Å². The molecule has 4 nitrogen and oxygen atoms in total. The molecule has 0 radical (unpaired) electrons. The number of carbonyl (C=O) groups excluding carboxylic acids is 1. The summed E-state index contributed by atoms with van der Waals surface area (Å²) in [7, 11) is 1.78. The smallest absolute Gasteiger partial charge is 0.255 e. The minimum Gasteiger partial charge on any atom is -0.373 e. The highest BCUT2D eigenvalue weighted by Gasteiger charge is 2.27. The Morgan fingerprint density at radius 3 is 3.05 bits per heavy atom. The van der Waals surface area contributed by atoms with Crippen LogP contribution in [0.25, 0.3) is 0 Å². The lowest BCUT2D eigenvalue weighted by molar-refractivity contribution is 0.0608. The maximum atomic E-state index is 12.6. The van der Waals surface area contributed by atoms with E-state index in [0.717, 1.165) is 25.8 Å². The van der Waals surface area contributed by atoms with Crippen molar-refractivity contribution in [3.63, 3.8) is 0 Å². The predicted octanol–water partition coefficient (Wildman–Crippen LogP) is 3.18. The Hall–Kier alpha value is -1.29. The van der Waals surface area contributed by atoms with Gasteiger partial charge >= 0.3 is 0 Å². The Bertz CT molecular complexity index is 464. The van der Waals surface area contributed by atoms with Crippen LogP contribution < -0.4 is 5.32 Å². The predicted molar refractivity (Wildman–Crippen MR) is 77.8 cm³/mol. The second-order valence-corrected chi connectivity index (χ2v) is 5.26. The van der Waals surface area contributed by atoms with Gasteiger partial charge in [-0.1, -0.05) is 18.5 Å². The lowest BCUT2D eigenvalue weighted by Crippen LogP contribution is -2.43. The molecule has 5 heteroatoms. The number of hydrogen-bond acceptors (Lipinski definition) is 3. The van der Waals surface area contributed by atoms with Gasteiger partial charge in [0.2, 0.25) is 0 Å². The fourth-order valence-corrected chi connectivity index (χ4v) is 2.77. The van der Waals surface area contributed by atoms with E-state index in [2.05, 4.69) is 17.2 Å². The van der Waals surface area contributed by atoms with Crippen molar-refractivity contribution >= 4 is 23.3 Å². The molecule has 1 atom stereocenters. The van der Waals surface area contributed by atoms with E-state index in [9.17, 15) is 4.79 Å². The fourth-order valence-electron chi connectivity index (χ4n) is 2.59. The Morgan fingerprint density at radius 1 is 1.58 bits per heavy atom. The van der Waals surface area contributed by atoms with Gasteiger partial charge in [-0.2, -0.15) is 0 Å². The first-order chi connectivity index (χ1) is 9.17. The lowest BCUT2D eigenvalue weighted by atomic mass is 9.99. The number of nitrogens with zero attached hydrogens (tertiary/aromatic N) is 2. The third kappa shape index (κ3) is 3.00. The number of hydrogen-bond donors (Lipinski definition) is 1. The van der Waals surface area contributed by atoms with Crippen LogP contribution in [-0.4, -0.2) is 35.4 Å². The number of amides is 1. The Balaban J connectivity index is 2.27. The highest BCUT2D eigenvalue weighted by molar-refractivity contribution is 6.33. The largest absolute Gasteiger partial charge is 0.373 e. The molecule has 0 saturated carbocycles. The molecular weight excluding hydrogens is 262 g/mol. The van der Waals surface area contributed by atoms with Crippen molar-refractivity contribution in [2.75, 3.05) is 18.9 Å². The van der Waals surface area contributed by atoms with Crippen LogP contribution in [0.4, 0.5) is 5.82 Å². The number of rotatable bonds is 3. The van der Waals surface area contributed by atoms with Crippen LogP contribution in [0.3, 0.4) is 0 Å². The SMILES string of the molecule is CCC1CCCCN1C(=O)c1cc(NC)ncc1Cl. The summed E-state index contributed by atoms with van der Waals surface area (Å²) in [6, 6.07) is 2.06. The van der Waals surface area contributed by atoms with E-state index in [1.165, 1.54) is 12.6 Å². The average Bonchev–Trinajstić information content (AvgIpc) is 2.47. The van der Waals surface area contributed by atoms with Crippen LogP contribution in [0, 0.1) is 0 Å². The van der Waals surface area contributed by atoms with E-state index in [4.69, 9.17) is 11.6 Å². The van der Waals surface area contributed by atoms with Gasteiger partial charge in [0.1, 0.15) is 5.82 Å². The normalized spacial score (nSPS) is 19.3. The zero-order chi connectivity index (χ0) is 13.8. The molecule has 1 aromatic heterocycles. The fraction of sp³-hybridized carbons (Fsp3) is 0.571. The van der Waals surface area contributed by atoms with Crippen LogP contribution in [-0.2, 0) is 0 Å². The van der Waals surface area contributed by atoms with E-state index >= 15 is 0 Å². The lowest BCUT2D eigenvalue weighted by Gasteiger charge is -2.35. The van der Waals surface area contributed by atoms with Crippen LogP contribution in [0.2, 0.25) is 5.02 Å². The van der Waals surface area contributed by atoms with Crippen molar-refractivity contribution in [3.8, 4) is 0 Å². The van der Waals surface area contributed by atoms with Gasteiger partial charge in [-0.05, 0) is 31.7 Å². The number of aromatic nitrogens is 1. The summed E-state index contributed by atoms with van der Waals surface area (Å²) in [4.78, 5) is 18.7. The summed E-state index contributed by atoms with van der Waals surface area (Å²) in [5.41, 5.74) is 0.543. The standard InChI is InChI=1S/C14H20ClN3O/c1-3-10-6-4-5-7-18(10)14(19)11-8-13(16-2)17-9-12(11)15/h8-10H,3-7H2,1-2H3,(H,16,17). The Morgan fingerprint density at radius 2 is 2.37 bits per heavy atom. The minimum absolute atomic E-state index is 0.0236. The summed E-state index contributed by atoms with van der Waals surface area (Å²) in [5.74, 6) is 0.688. The molecule has 1 aliphatic heterocycles. The van der Waals surface area contributed by atoms with Gasteiger partial charge < -0.3 is 10.2 Å². The first kappa shape index (κ1) is 14.1. The van der Waals surface area contributed by atoms with Crippen molar-refractivity contribution in [3.05, 3.63) is 22.8 Å². The molecule has 1 aliphatic rings. The molecule has 0 aliphatic carbocycles. The zero-order valence-corrected chi connectivity index (χ0v) is 12.2. The highest BCUT2D eigenvalue weighted by atomic mass is 35.5. The third-order valence-corrected chi connectivity index (χ3v) is 4.00. The van der Waals surface area contributed by atoms with Crippen LogP contribution in [0.15, 0.2) is 12.3 Å². The molecule has 19 heavy (non-hydrogen) atoms. The van der Waals surface area contributed by atoms with E-state index in [-0.39, 0.29) is 5.91 Å². The number of piperidine rings is 1. The molecule has 1 unspecified atom stereocenters. The summed E-state index contributed by atoms with van der Waals surface area (Å²) in [6.45, 7) is 2.95. The van der Waals surface area contributed by atoms with Crippen molar-refractivity contribution < 1.29 is 4.79 Å². The molecule has 1 saturated heterocycles. The molecule has 1 aromatic rings. The topological polar surface area (TPSA) is 45.2 Å². The van der Waals surface area contributed by atoms with Crippen LogP contribution in [0.1, 0.15) is 43.0 Å².